The number of aromatic carboxylic acids is 1. The first-order valence-electron chi connectivity index (χ1n) is 8.23. The molecule has 1 N–H and O–H groups in total. The second kappa shape index (κ2) is 7.92. The van der Waals surface area contributed by atoms with Crippen LogP contribution >= 0.6 is 24.4 Å². The summed E-state index contributed by atoms with van der Waals surface area (Å²) in [6.45, 7) is 2.00. The molecule has 1 unspecified atom stereocenters. The van der Waals surface area contributed by atoms with Crippen molar-refractivity contribution in [3.05, 3.63) is 35.4 Å². The lowest BCUT2D eigenvalue weighted by Gasteiger charge is -2.42. The van der Waals surface area contributed by atoms with Crippen LogP contribution in [-0.4, -0.2) is 50.7 Å². The van der Waals surface area contributed by atoms with Crippen LogP contribution in [0.15, 0.2) is 24.3 Å². The third-order valence-electron chi connectivity index (χ3n) is 4.76. The molecule has 4 nitrogen and oxygen atoms in total. The zero-order valence-corrected chi connectivity index (χ0v) is 14.9. The van der Waals surface area contributed by atoms with Gasteiger partial charge in [0.05, 0.1) is 12.2 Å². The molecule has 1 atom stereocenters. The quantitative estimate of drug-likeness (QED) is 0.796. The molecule has 1 saturated heterocycles. The summed E-state index contributed by atoms with van der Waals surface area (Å²) in [5.74, 6) is 0.154. The predicted molar refractivity (Wildman–Crippen MR) is 98.0 cm³/mol. The minimum absolute atomic E-state index is 0.323. The van der Waals surface area contributed by atoms with Crippen molar-refractivity contribution in [2.24, 2.45) is 0 Å². The summed E-state index contributed by atoms with van der Waals surface area (Å²) in [5, 5.41) is 8.94. The summed E-state index contributed by atoms with van der Waals surface area (Å²) in [6, 6.07) is 7.93. The lowest BCUT2D eigenvalue weighted by atomic mass is 10.1. The highest BCUT2D eigenvalue weighted by Gasteiger charge is 2.31. The first-order chi connectivity index (χ1) is 11.1. The molecule has 1 saturated carbocycles. The summed E-state index contributed by atoms with van der Waals surface area (Å²) in [6.07, 6.45) is 6.27. The third kappa shape index (κ3) is 4.44. The molecule has 2 aliphatic rings. The van der Waals surface area contributed by atoms with Crippen LogP contribution in [0.5, 0.6) is 0 Å². The van der Waals surface area contributed by atoms with E-state index in [9.17, 15) is 4.79 Å². The number of carboxylic acids is 1. The van der Waals surface area contributed by atoms with Crippen molar-refractivity contribution < 1.29 is 9.90 Å². The maximum absolute atomic E-state index is 10.9. The van der Waals surface area contributed by atoms with Gasteiger partial charge in [0.15, 0.2) is 0 Å². The number of carbonyl (C=O) groups is 1. The van der Waals surface area contributed by atoms with E-state index >= 15 is 0 Å². The molecule has 1 heterocycles. The fraction of sp³-hybridized carbons (Fsp3) is 0.588. The molecule has 1 aliphatic heterocycles. The molecule has 6 heteroatoms. The van der Waals surface area contributed by atoms with E-state index in [0.29, 0.717) is 16.3 Å². The fourth-order valence-electron chi connectivity index (χ4n) is 3.38. The van der Waals surface area contributed by atoms with E-state index in [0.717, 1.165) is 25.5 Å². The zero-order valence-electron chi connectivity index (χ0n) is 13.2. The van der Waals surface area contributed by atoms with E-state index in [1.807, 2.05) is 23.9 Å². The Morgan fingerprint density at radius 3 is 2.61 bits per heavy atom. The summed E-state index contributed by atoms with van der Waals surface area (Å²) >= 11 is 6.65. The Hall–Kier alpha value is -0.690. The van der Waals surface area contributed by atoms with Crippen LogP contribution in [0, 0.1) is 0 Å². The minimum Gasteiger partial charge on any atom is -0.478 e. The normalized spacial score (nSPS) is 24.1. The minimum atomic E-state index is -0.865. The van der Waals surface area contributed by atoms with Crippen LogP contribution < -0.4 is 0 Å². The summed E-state index contributed by atoms with van der Waals surface area (Å²) < 4.78 is 0.323. The molecular formula is C17H24N2O2S2. The van der Waals surface area contributed by atoms with Crippen LogP contribution in [0.1, 0.15) is 41.6 Å². The second-order valence-corrected chi connectivity index (χ2v) is 8.24. The number of hydrogen-bond donors (Lipinski definition) is 2. The van der Waals surface area contributed by atoms with Crippen molar-refractivity contribution in [3.63, 3.8) is 0 Å². The van der Waals surface area contributed by atoms with Gasteiger partial charge >= 0.3 is 5.97 Å². The Morgan fingerprint density at radius 2 is 1.96 bits per heavy atom. The van der Waals surface area contributed by atoms with Crippen molar-refractivity contribution in [1.29, 1.82) is 0 Å². The molecule has 1 aromatic carbocycles. The molecule has 1 aromatic rings. The van der Waals surface area contributed by atoms with Crippen molar-refractivity contribution in [2.45, 2.75) is 42.9 Å². The molecule has 126 valence electrons. The summed E-state index contributed by atoms with van der Waals surface area (Å²) in [7, 11) is 0. The Kier molecular flexibility index (Phi) is 5.91. The van der Waals surface area contributed by atoms with Crippen molar-refractivity contribution in [1.82, 2.24) is 9.80 Å². The van der Waals surface area contributed by atoms with Gasteiger partial charge in [0.25, 0.3) is 0 Å². The lowest BCUT2D eigenvalue weighted by molar-refractivity contribution is 0.0697. The number of thiol groups is 1. The number of nitrogens with zero attached hydrogens (tertiary/aromatic N) is 2. The molecule has 0 amide bonds. The maximum atomic E-state index is 10.9. The molecule has 0 spiro atoms. The van der Waals surface area contributed by atoms with Gasteiger partial charge in [0.1, 0.15) is 4.71 Å². The van der Waals surface area contributed by atoms with E-state index in [2.05, 4.69) is 9.80 Å². The molecule has 3 rings (SSSR count). The summed E-state index contributed by atoms with van der Waals surface area (Å²) in [4.78, 5) is 15.9. The molecular weight excluding hydrogens is 328 g/mol. The highest BCUT2D eigenvalue weighted by molar-refractivity contribution is 8.10. The first-order valence-corrected chi connectivity index (χ1v) is 9.80. The van der Waals surface area contributed by atoms with Crippen LogP contribution in [0.25, 0.3) is 0 Å². The molecule has 0 aromatic heterocycles. The monoisotopic (exact) mass is 352 g/mol. The number of benzene rings is 1. The van der Waals surface area contributed by atoms with E-state index in [1.54, 1.807) is 12.1 Å². The van der Waals surface area contributed by atoms with Gasteiger partial charge in [-0.15, -0.1) is 24.4 Å². The van der Waals surface area contributed by atoms with Crippen molar-refractivity contribution in [3.8, 4) is 0 Å². The SMILES string of the molecule is O=C(O)c1ccc(CCN2CSC(S)N(C3CCCC3)C2)cc1. The Bertz CT molecular complexity index is 532. The van der Waals surface area contributed by atoms with E-state index < -0.39 is 5.97 Å². The highest BCUT2D eigenvalue weighted by Crippen LogP contribution is 2.33. The fourth-order valence-corrected chi connectivity index (χ4v) is 4.82. The highest BCUT2D eigenvalue weighted by atomic mass is 32.2. The topological polar surface area (TPSA) is 43.8 Å². The Morgan fingerprint density at radius 1 is 1.26 bits per heavy atom. The summed E-state index contributed by atoms with van der Waals surface area (Å²) in [5.41, 5.74) is 1.55. The van der Waals surface area contributed by atoms with E-state index in [4.69, 9.17) is 17.7 Å². The van der Waals surface area contributed by atoms with E-state index in [1.165, 1.54) is 31.2 Å². The third-order valence-corrected chi connectivity index (χ3v) is 6.59. The Labute approximate surface area is 147 Å². The molecule has 23 heavy (non-hydrogen) atoms. The number of rotatable bonds is 5. The molecule has 1 aliphatic carbocycles. The van der Waals surface area contributed by atoms with Gasteiger partial charge in [-0.3, -0.25) is 9.80 Å². The smallest absolute Gasteiger partial charge is 0.335 e. The molecule has 0 bridgehead atoms. The van der Waals surface area contributed by atoms with Gasteiger partial charge in [0, 0.05) is 18.5 Å². The largest absolute Gasteiger partial charge is 0.478 e. The van der Waals surface area contributed by atoms with Gasteiger partial charge in [-0.05, 0) is 37.0 Å². The predicted octanol–water partition coefficient (Wildman–Crippen LogP) is 3.35. The maximum Gasteiger partial charge on any atom is 0.335 e. The number of hydrogen-bond acceptors (Lipinski definition) is 5. The second-order valence-electron chi connectivity index (χ2n) is 6.36. The van der Waals surface area contributed by atoms with E-state index in [-0.39, 0.29) is 0 Å². The standard InChI is InChI=1S/C17H24N2O2S2/c20-16(21)14-7-5-13(6-8-14)9-10-18-11-19(17(22)23-12-18)15-3-1-2-4-15/h5-8,15,17,22H,1-4,9-12H2,(H,20,21). The average Bonchev–Trinajstić information content (AvgIpc) is 3.08. The zero-order chi connectivity index (χ0) is 16.2. The van der Waals surface area contributed by atoms with Gasteiger partial charge in [-0.2, -0.15) is 0 Å². The molecule has 2 fully saturated rings. The van der Waals surface area contributed by atoms with Crippen LogP contribution in [-0.2, 0) is 6.42 Å². The lowest BCUT2D eigenvalue weighted by Crippen LogP contribution is -2.50. The van der Waals surface area contributed by atoms with Crippen molar-refractivity contribution >= 4 is 30.4 Å². The van der Waals surface area contributed by atoms with Crippen LogP contribution in [0.3, 0.4) is 0 Å². The van der Waals surface area contributed by atoms with Crippen LogP contribution in [0.2, 0.25) is 0 Å². The first kappa shape index (κ1) is 17.1. The molecule has 0 radical (unpaired) electrons. The Balaban J connectivity index is 1.52. The van der Waals surface area contributed by atoms with Gasteiger partial charge in [0.2, 0.25) is 0 Å². The number of carboxylic acid groups (broad SMARTS) is 1. The van der Waals surface area contributed by atoms with Crippen molar-refractivity contribution in [2.75, 3.05) is 19.1 Å². The van der Waals surface area contributed by atoms with Crippen LogP contribution in [0.4, 0.5) is 0 Å². The van der Waals surface area contributed by atoms with Gasteiger partial charge in [-0.25, -0.2) is 4.79 Å². The van der Waals surface area contributed by atoms with Gasteiger partial charge < -0.3 is 5.11 Å². The van der Waals surface area contributed by atoms with Gasteiger partial charge in [-0.1, -0.05) is 25.0 Å². The number of thioether (sulfide) groups is 1. The average molecular weight is 353 g/mol.